The van der Waals surface area contributed by atoms with Crippen LogP contribution in [0.2, 0.25) is 0 Å². The summed E-state index contributed by atoms with van der Waals surface area (Å²) < 4.78 is 8.73. The number of aliphatic imine (C=N–C) groups is 2. The van der Waals surface area contributed by atoms with E-state index in [1.165, 1.54) is 10.9 Å². The molecule has 0 amide bonds. The van der Waals surface area contributed by atoms with Gasteiger partial charge >= 0.3 is 0 Å². The first-order valence-corrected chi connectivity index (χ1v) is 13.0. The highest BCUT2D eigenvalue weighted by Crippen LogP contribution is 2.40. The van der Waals surface area contributed by atoms with E-state index in [2.05, 4.69) is 82.7 Å². The lowest BCUT2D eigenvalue weighted by molar-refractivity contribution is 0.598. The van der Waals surface area contributed by atoms with E-state index in [1.54, 1.807) is 0 Å². The maximum absolute atomic E-state index is 6.51. The first-order chi connectivity index (χ1) is 18.8. The van der Waals surface area contributed by atoms with Gasteiger partial charge < -0.3 is 9.73 Å². The minimum atomic E-state index is -0.358. The molecular weight excluding hydrogens is 468 g/mol. The van der Waals surface area contributed by atoms with Crippen LogP contribution >= 0.6 is 0 Å². The Morgan fingerprint density at radius 2 is 1.55 bits per heavy atom. The average molecular weight is 493 g/mol. The summed E-state index contributed by atoms with van der Waals surface area (Å²) in [6.45, 7) is 0. The van der Waals surface area contributed by atoms with Crippen molar-refractivity contribution >= 4 is 50.6 Å². The molecule has 1 aliphatic carbocycles. The minimum Gasteiger partial charge on any atom is -0.456 e. The molecular formula is C33H24N4O. The highest BCUT2D eigenvalue weighted by atomic mass is 16.3. The Kier molecular flexibility index (Phi) is 4.64. The molecule has 38 heavy (non-hydrogen) atoms. The Morgan fingerprint density at radius 1 is 0.763 bits per heavy atom. The predicted octanol–water partition coefficient (Wildman–Crippen LogP) is 7.45. The number of allylic oxidation sites excluding steroid dienone is 1. The zero-order valence-corrected chi connectivity index (χ0v) is 20.6. The number of rotatable bonds is 2. The number of hydrogen-bond donors (Lipinski definition) is 1. The van der Waals surface area contributed by atoms with Crippen LogP contribution < -0.4 is 5.32 Å². The lowest BCUT2D eigenvalue weighted by Crippen LogP contribution is -2.39. The van der Waals surface area contributed by atoms with E-state index in [9.17, 15) is 0 Å². The number of furan rings is 1. The van der Waals surface area contributed by atoms with Gasteiger partial charge in [-0.1, -0.05) is 84.9 Å². The minimum absolute atomic E-state index is 0.358. The molecule has 0 fully saturated rings. The summed E-state index contributed by atoms with van der Waals surface area (Å²) in [4.78, 5) is 10.2. The smallest absolute Gasteiger partial charge is 0.211 e. The third-order valence-corrected chi connectivity index (χ3v) is 7.54. The Balaban J connectivity index is 1.39. The van der Waals surface area contributed by atoms with Crippen molar-refractivity contribution in [1.29, 1.82) is 0 Å². The SMILES string of the molecule is C1=Cc2oc3c(ccc4c3c3ccccc3n4C3=NC(c4ccccc4)N=C(c4ccccc4)N3)c2CC1. The molecule has 8 rings (SSSR count). The number of amidine groups is 1. The topological polar surface area (TPSA) is 54.8 Å². The summed E-state index contributed by atoms with van der Waals surface area (Å²) in [6.07, 6.45) is 6.00. The van der Waals surface area contributed by atoms with Gasteiger partial charge in [0, 0.05) is 21.9 Å². The van der Waals surface area contributed by atoms with Crippen LogP contribution in [0.1, 0.15) is 35.0 Å². The van der Waals surface area contributed by atoms with E-state index < -0.39 is 0 Å². The van der Waals surface area contributed by atoms with Crippen molar-refractivity contribution in [3.63, 3.8) is 0 Å². The molecule has 0 saturated heterocycles. The van der Waals surface area contributed by atoms with E-state index in [1.807, 2.05) is 36.4 Å². The molecule has 5 heteroatoms. The van der Waals surface area contributed by atoms with Crippen LogP contribution in [0.15, 0.2) is 118 Å². The molecule has 2 aliphatic rings. The second-order valence-corrected chi connectivity index (χ2v) is 9.78. The molecule has 1 N–H and O–H groups in total. The second-order valence-electron chi connectivity index (χ2n) is 9.78. The van der Waals surface area contributed by atoms with Crippen molar-refractivity contribution in [2.75, 3.05) is 0 Å². The van der Waals surface area contributed by atoms with E-state index in [4.69, 9.17) is 14.4 Å². The Hall–Kier alpha value is -4.90. The summed E-state index contributed by atoms with van der Waals surface area (Å²) in [6, 6.07) is 33.4. The lowest BCUT2D eigenvalue weighted by Gasteiger charge is -2.23. The zero-order valence-electron chi connectivity index (χ0n) is 20.6. The highest BCUT2D eigenvalue weighted by Gasteiger charge is 2.26. The van der Waals surface area contributed by atoms with E-state index in [0.717, 1.165) is 68.9 Å². The molecule has 1 aliphatic heterocycles. The second kappa shape index (κ2) is 8.32. The zero-order chi connectivity index (χ0) is 25.1. The third kappa shape index (κ3) is 3.18. The van der Waals surface area contributed by atoms with Gasteiger partial charge in [0.1, 0.15) is 17.2 Å². The van der Waals surface area contributed by atoms with Crippen LogP contribution in [0.25, 0.3) is 38.9 Å². The van der Waals surface area contributed by atoms with Gasteiger partial charge in [-0.15, -0.1) is 0 Å². The molecule has 5 nitrogen and oxygen atoms in total. The molecule has 6 aromatic rings. The average Bonchev–Trinajstić information content (AvgIpc) is 3.53. The standard InChI is InChI=1S/C33H24N4O/c1-3-11-21(12-4-1)31-34-32(22-13-5-2-6-14-22)36-33(35-31)37-26-17-9-7-16-25(26)29-27(37)20-19-24-23-15-8-10-18-28(23)38-30(24)29/h1-7,9-14,16-20,31H,8,15H2,(H,34,35,36). The van der Waals surface area contributed by atoms with Crippen LogP contribution in [0.3, 0.4) is 0 Å². The molecule has 1 unspecified atom stereocenters. The molecule has 4 aromatic carbocycles. The fourth-order valence-corrected chi connectivity index (χ4v) is 5.78. The van der Waals surface area contributed by atoms with E-state index in [-0.39, 0.29) is 6.17 Å². The monoisotopic (exact) mass is 492 g/mol. The van der Waals surface area contributed by atoms with Crippen LogP contribution in [0, 0.1) is 0 Å². The van der Waals surface area contributed by atoms with Crippen molar-refractivity contribution in [2.45, 2.75) is 19.0 Å². The van der Waals surface area contributed by atoms with Gasteiger partial charge in [-0.3, -0.25) is 4.57 Å². The number of benzene rings is 4. The molecule has 0 radical (unpaired) electrons. The molecule has 0 bridgehead atoms. The number of aromatic nitrogens is 1. The largest absolute Gasteiger partial charge is 0.456 e. The van der Waals surface area contributed by atoms with Gasteiger partial charge in [-0.05, 0) is 42.7 Å². The van der Waals surface area contributed by atoms with Crippen molar-refractivity contribution < 1.29 is 4.42 Å². The van der Waals surface area contributed by atoms with E-state index in [0.29, 0.717) is 0 Å². The van der Waals surface area contributed by atoms with Crippen molar-refractivity contribution in [1.82, 2.24) is 9.88 Å². The molecule has 0 saturated carbocycles. The number of para-hydroxylation sites is 1. The van der Waals surface area contributed by atoms with Gasteiger partial charge in [-0.25, -0.2) is 9.98 Å². The van der Waals surface area contributed by atoms with Crippen molar-refractivity contribution in [3.8, 4) is 0 Å². The predicted molar refractivity (Wildman–Crippen MR) is 155 cm³/mol. The Labute approximate surface area is 219 Å². The van der Waals surface area contributed by atoms with Gasteiger partial charge in [0.05, 0.1) is 16.4 Å². The van der Waals surface area contributed by atoms with Crippen molar-refractivity contribution in [2.24, 2.45) is 9.98 Å². The molecule has 3 heterocycles. The summed E-state index contributed by atoms with van der Waals surface area (Å²) in [5.74, 6) is 2.52. The van der Waals surface area contributed by atoms with E-state index >= 15 is 0 Å². The van der Waals surface area contributed by atoms with Crippen LogP contribution in [0.4, 0.5) is 0 Å². The van der Waals surface area contributed by atoms with Crippen LogP contribution in [-0.4, -0.2) is 16.4 Å². The number of nitrogens with one attached hydrogen (secondary N) is 1. The fourth-order valence-electron chi connectivity index (χ4n) is 5.78. The maximum atomic E-state index is 6.51. The van der Waals surface area contributed by atoms with Gasteiger partial charge in [0.2, 0.25) is 5.96 Å². The molecule has 1 atom stereocenters. The van der Waals surface area contributed by atoms with Gasteiger partial charge in [-0.2, -0.15) is 0 Å². The van der Waals surface area contributed by atoms with Crippen molar-refractivity contribution in [3.05, 3.63) is 126 Å². The Morgan fingerprint density at radius 3 is 2.42 bits per heavy atom. The molecule has 182 valence electrons. The molecule has 0 spiro atoms. The third-order valence-electron chi connectivity index (χ3n) is 7.54. The van der Waals surface area contributed by atoms with Gasteiger partial charge in [0.25, 0.3) is 0 Å². The summed E-state index contributed by atoms with van der Waals surface area (Å²) >= 11 is 0. The number of nitrogens with zero attached hydrogens (tertiary/aromatic N) is 3. The van der Waals surface area contributed by atoms with Crippen LogP contribution in [0.5, 0.6) is 0 Å². The van der Waals surface area contributed by atoms with Crippen LogP contribution in [-0.2, 0) is 6.42 Å². The number of aryl methyl sites for hydroxylation is 1. The Bertz CT molecular complexity index is 1940. The highest BCUT2D eigenvalue weighted by molar-refractivity contribution is 6.24. The van der Waals surface area contributed by atoms with Gasteiger partial charge in [0.15, 0.2) is 6.17 Å². The maximum Gasteiger partial charge on any atom is 0.211 e. The molecule has 2 aromatic heterocycles. The summed E-state index contributed by atoms with van der Waals surface area (Å²) in [7, 11) is 0. The summed E-state index contributed by atoms with van der Waals surface area (Å²) in [5.41, 5.74) is 6.45. The number of fused-ring (bicyclic) bond motifs is 7. The first kappa shape index (κ1) is 21.2. The summed E-state index contributed by atoms with van der Waals surface area (Å²) in [5, 5.41) is 7.04. The first-order valence-electron chi connectivity index (χ1n) is 13.0. The number of hydrogen-bond acceptors (Lipinski definition) is 4. The lowest BCUT2D eigenvalue weighted by atomic mass is 10.00. The quantitative estimate of drug-likeness (QED) is 0.273. The normalized spacial score (nSPS) is 16.9. The fraction of sp³-hybridized carbons (Fsp3) is 0.0909.